The normalized spacial score (nSPS) is 11.9. The molecular weight excluding hydrogens is 224 g/mol. The van der Waals surface area contributed by atoms with Gasteiger partial charge in [-0.15, -0.1) is 0 Å². The lowest BCUT2D eigenvalue weighted by molar-refractivity contribution is 0.203. The molecule has 0 aliphatic heterocycles. The summed E-state index contributed by atoms with van der Waals surface area (Å²) in [5.41, 5.74) is 2.93. The molecule has 98 valence electrons. The Bertz CT molecular complexity index is 423. The van der Waals surface area contributed by atoms with Crippen molar-refractivity contribution in [3.63, 3.8) is 0 Å². The van der Waals surface area contributed by atoms with E-state index in [9.17, 15) is 5.26 Å². The third kappa shape index (κ3) is 3.48. The number of aryl methyl sites for hydroxylation is 1. The maximum atomic E-state index is 9.23. The Labute approximate surface area is 110 Å². The number of nitriles is 1. The van der Waals surface area contributed by atoms with E-state index in [1.54, 1.807) is 7.11 Å². The molecule has 1 atom stereocenters. The van der Waals surface area contributed by atoms with E-state index in [1.165, 1.54) is 5.56 Å². The fourth-order valence-corrected chi connectivity index (χ4v) is 1.96. The lowest BCUT2D eigenvalue weighted by Gasteiger charge is -2.31. The van der Waals surface area contributed by atoms with Crippen LogP contribution in [0.4, 0.5) is 5.69 Å². The van der Waals surface area contributed by atoms with Crippen LogP contribution in [0.3, 0.4) is 0 Å². The van der Waals surface area contributed by atoms with E-state index in [2.05, 4.69) is 37.8 Å². The van der Waals surface area contributed by atoms with Crippen molar-refractivity contribution >= 4 is 5.69 Å². The van der Waals surface area contributed by atoms with Gasteiger partial charge in [-0.05, 0) is 38.0 Å². The Morgan fingerprint density at radius 3 is 2.72 bits per heavy atom. The molecule has 0 fully saturated rings. The highest BCUT2D eigenvalue weighted by atomic mass is 16.5. The molecule has 0 N–H and O–H groups in total. The van der Waals surface area contributed by atoms with Gasteiger partial charge in [0.1, 0.15) is 6.07 Å². The van der Waals surface area contributed by atoms with Gasteiger partial charge in [0.05, 0.1) is 17.9 Å². The Hall–Kier alpha value is -1.53. The fourth-order valence-electron chi connectivity index (χ4n) is 1.96. The van der Waals surface area contributed by atoms with Crippen molar-refractivity contribution in [1.29, 1.82) is 5.26 Å². The molecule has 0 saturated carbocycles. The van der Waals surface area contributed by atoms with Crippen LogP contribution in [0.2, 0.25) is 0 Å². The van der Waals surface area contributed by atoms with Crippen LogP contribution in [0, 0.1) is 18.3 Å². The number of ether oxygens (including phenoxy) is 1. The lowest BCUT2D eigenvalue weighted by Crippen LogP contribution is -2.36. The summed E-state index contributed by atoms with van der Waals surface area (Å²) < 4.78 is 5.17. The topological polar surface area (TPSA) is 36.3 Å². The molecule has 1 aromatic rings. The number of benzene rings is 1. The highest BCUT2D eigenvalue weighted by Gasteiger charge is 2.16. The smallest absolute Gasteiger partial charge is 0.101 e. The molecule has 3 nitrogen and oxygen atoms in total. The van der Waals surface area contributed by atoms with E-state index in [-0.39, 0.29) is 0 Å². The molecule has 1 unspecified atom stereocenters. The SMILES string of the molecule is CCC(C)N(CCOC)c1cc(C)ccc1C#N. The van der Waals surface area contributed by atoms with Gasteiger partial charge in [0.15, 0.2) is 0 Å². The van der Waals surface area contributed by atoms with Crippen LogP contribution in [0.25, 0.3) is 0 Å². The van der Waals surface area contributed by atoms with Crippen molar-refractivity contribution in [2.24, 2.45) is 0 Å². The van der Waals surface area contributed by atoms with Gasteiger partial charge in [-0.3, -0.25) is 0 Å². The molecule has 0 saturated heterocycles. The molecule has 1 aromatic carbocycles. The minimum atomic E-state index is 0.397. The van der Waals surface area contributed by atoms with Gasteiger partial charge in [0.25, 0.3) is 0 Å². The molecule has 0 amide bonds. The zero-order valence-corrected chi connectivity index (χ0v) is 11.7. The molecule has 0 heterocycles. The van der Waals surface area contributed by atoms with Gasteiger partial charge in [-0.2, -0.15) is 5.26 Å². The maximum absolute atomic E-state index is 9.23. The van der Waals surface area contributed by atoms with E-state index in [0.29, 0.717) is 12.6 Å². The summed E-state index contributed by atoms with van der Waals surface area (Å²) in [6.07, 6.45) is 1.04. The lowest BCUT2D eigenvalue weighted by atomic mass is 10.1. The molecule has 0 aliphatic rings. The Morgan fingerprint density at radius 2 is 2.17 bits per heavy atom. The predicted octanol–water partition coefficient (Wildman–Crippen LogP) is 3.12. The average Bonchev–Trinajstić information content (AvgIpc) is 2.39. The summed E-state index contributed by atoms with van der Waals surface area (Å²) in [5.74, 6) is 0. The van der Waals surface area contributed by atoms with Crippen LogP contribution in [0.5, 0.6) is 0 Å². The van der Waals surface area contributed by atoms with Crippen molar-refractivity contribution in [1.82, 2.24) is 0 Å². The largest absolute Gasteiger partial charge is 0.383 e. The molecular formula is C15H22N2O. The van der Waals surface area contributed by atoms with Crippen molar-refractivity contribution in [3.8, 4) is 6.07 Å². The van der Waals surface area contributed by atoms with Crippen LogP contribution in [0.15, 0.2) is 18.2 Å². The third-order valence-corrected chi connectivity index (χ3v) is 3.24. The minimum Gasteiger partial charge on any atom is -0.383 e. The summed E-state index contributed by atoms with van der Waals surface area (Å²) >= 11 is 0. The zero-order valence-electron chi connectivity index (χ0n) is 11.7. The molecule has 0 aromatic heterocycles. The van der Waals surface area contributed by atoms with Gasteiger partial charge in [-0.1, -0.05) is 13.0 Å². The zero-order chi connectivity index (χ0) is 13.5. The van der Waals surface area contributed by atoms with E-state index in [0.717, 1.165) is 24.2 Å². The molecule has 1 rings (SSSR count). The molecule has 0 radical (unpaired) electrons. The standard InChI is InChI=1S/C15H22N2O/c1-5-13(3)17(8-9-18-4)15-10-12(2)6-7-14(15)11-16/h6-7,10,13H,5,8-9H2,1-4H3. The Morgan fingerprint density at radius 1 is 1.44 bits per heavy atom. The van der Waals surface area contributed by atoms with Crippen LogP contribution < -0.4 is 4.90 Å². The quantitative estimate of drug-likeness (QED) is 0.773. The Balaban J connectivity index is 3.11. The van der Waals surface area contributed by atoms with Crippen molar-refractivity contribution < 1.29 is 4.74 Å². The summed E-state index contributed by atoms with van der Waals surface area (Å²) in [7, 11) is 1.70. The number of rotatable bonds is 6. The molecule has 0 spiro atoms. The molecule has 18 heavy (non-hydrogen) atoms. The Kier molecular flexibility index (Phi) is 5.67. The first-order chi connectivity index (χ1) is 8.63. The molecule has 0 aliphatic carbocycles. The van der Waals surface area contributed by atoms with Crippen LogP contribution in [0.1, 0.15) is 31.4 Å². The maximum Gasteiger partial charge on any atom is 0.101 e. The van der Waals surface area contributed by atoms with E-state index < -0.39 is 0 Å². The van der Waals surface area contributed by atoms with Gasteiger partial charge in [-0.25, -0.2) is 0 Å². The summed E-state index contributed by atoms with van der Waals surface area (Å²) in [6.45, 7) is 7.87. The number of hydrogen-bond donors (Lipinski definition) is 0. The van der Waals surface area contributed by atoms with Crippen molar-refractivity contribution in [2.75, 3.05) is 25.2 Å². The number of hydrogen-bond acceptors (Lipinski definition) is 3. The second-order valence-electron chi connectivity index (χ2n) is 4.58. The van der Waals surface area contributed by atoms with Gasteiger partial charge >= 0.3 is 0 Å². The average molecular weight is 246 g/mol. The molecule has 3 heteroatoms. The number of nitrogens with zero attached hydrogens (tertiary/aromatic N) is 2. The van der Waals surface area contributed by atoms with Crippen molar-refractivity contribution in [3.05, 3.63) is 29.3 Å². The summed E-state index contributed by atoms with van der Waals surface area (Å²) in [4.78, 5) is 2.26. The van der Waals surface area contributed by atoms with E-state index in [4.69, 9.17) is 4.74 Å². The highest BCUT2D eigenvalue weighted by molar-refractivity contribution is 5.61. The second-order valence-corrected chi connectivity index (χ2v) is 4.58. The van der Waals surface area contributed by atoms with Crippen LogP contribution >= 0.6 is 0 Å². The third-order valence-electron chi connectivity index (χ3n) is 3.24. The van der Waals surface area contributed by atoms with Gasteiger partial charge in [0.2, 0.25) is 0 Å². The second kappa shape index (κ2) is 7.03. The van der Waals surface area contributed by atoms with Crippen molar-refractivity contribution in [2.45, 2.75) is 33.2 Å². The number of anilines is 1. The monoisotopic (exact) mass is 246 g/mol. The van der Waals surface area contributed by atoms with Crippen LogP contribution in [-0.4, -0.2) is 26.3 Å². The minimum absolute atomic E-state index is 0.397. The first-order valence-electron chi connectivity index (χ1n) is 6.40. The number of methoxy groups -OCH3 is 1. The first-order valence-corrected chi connectivity index (χ1v) is 6.40. The van der Waals surface area contributed by atoms with Crippen LogP contribution in [-0.2, 0) is 4.74 Å². The van der Waals surface area contributed by atoms with Gasteiger partial charge < -0.3 is 9.64 Å². The summed E-state index contributed by atoms with van der Waals surface area (Å²) in [6, 6.07) is 8.63. The first kappa shape index (κ1) is 14.5. The van der Waals surface area contributed by atoms with E-state index in [1.807, 2.05) is 12.1 Å². The highest BCUT2D eigenvalue weighted by Crippen LogP contribution is 2.24. The summed E-state index contributed by atoms with van der Waals surface area (Å²) in [5, 5.41) is 9.23. The predicted molar refractivity (Wildman–Crippen MR) is 74.9 cm³/mol. The van der Waals surface area contributed by atoms with Gasteiger partial charge in [0, 0.05) is 19.7 Å². The van der Waals surface area contributed by atoms with E-state index >= 15 is 0 Å². The molecule has 0 bridgehead atoms. The fraction of sp³-hybridized carbons (Fsp3) is 0.533.